The number of nitrogens with zero attached hydrogens (tertiary/aromatic N) is 1. The quantitative estimate of drug-likeness (QED) is 0.833. The van der Waals surface area contributed by atoms with Crippen molar-refractivity contribution in [3.8, 4) is 0 Å². The maximum atomic E-state index is 12.4. The van der Waals surface area contributed by atoms with E-state index in [-0.39, 0.29) is 6.04 Å². The van der Waals surface area contributed by atoms with E-state index in [9.17, 15) is 8.42 Å². The van der Waals surface area contributed by atoms with Gasteiger partial charge in [0.2, 0.25) is 10.0 Å². The molecule has 0 unspecified atom stereocenters. The molecule has 0 aliphatic heterocycles. The van der Waals surface area contributed by atoms with Gasteiger partial charge in [0.05, 0.1) is 4.90 Å². The predicted molar refractivity (Wildman–Crippen MR) is 68.2 cm³/mol. The Morgan fingerprint density at radius 2 is 2.06 bits per heavy atom. The van der Waals surface area contributed by atoms with Crippen LogP contribution in [0, 0.1) is 6.92 Å². The Kier molecular flexibility index (Phi) is 3.14. The Morgan fingerprint density at radius 3 is 2.53 bits per heavy atom. The fraction of sp³-hybridized carbons (Fsp3) is 0.500. The third-order valence-electron chi connectivity index (χ3n) is 3.11. The number of sulfonamides is 1. The summed E-state index contributed by atoms with van der Waals surface area (Å²) in [5.41, 5.74) is 7.13. The van der Waals surface area contributed by atoms with Crippen LogP contribution in [-0.2, 0) is 10.0 Å². The molecular formula is C12H18N2O2S. The van der Waals surface area contributed by atoms with Gasteiger partial charge in [-0.1, -0.05) is 6.92 Å². The number of nitrogens with two attached hydrogens (primary N) is 1. The molecule has 0 atom stereocenters. The third kappa shape index (κ3) is 2.30. The number of hydrogen-bond donors (Lipinski definition) is 1. The van der Waals surface area contributed by atoms with Crippen molar-refractivity contribution in [2.45, 2.75) is 37.6 Å². The van der Waals surface area contributed by atoms with Crippen LogP contribution in [0.2, 0.25) is 0 Å². The van der Waals surface area contributed by atoms with Crippen molar-refractivity contribution in [3.63, 3.8) is 0 Å². The average Bonchev–Trinajstić information content (AvgIpc) is 3.07. The standard InChI is InChI=1S/C12H18N2O2S/c1-3-14(10-4-5-10)17(15,16)11-6-7-12(13)9(2)8-11/h6-8,10H,3-5,13H2,1-2H3. The minimum Gasteiger partial charge on any atom is -0.399 e. The fourth-order valence-electron chi connectivity index (χ4n) is 1.93. The molecule has 1 saturated carbocycles. The molecule has 0 aromatic heterocycles. The summed E-state index contributed by atoms with van der Waals surface area (Å²) in [6.07, 6.45) is 1.95. The van der Waals surface area contributed by atoms with Gasteiger partial charge in [0.15, 0.2) is 0 Å². The number of benzene rings is 1. The molecule has 1 fully saturated rings. The molecule has 0 amide bonds. The first-order chi connectivity index (χ1) is 7.96. The van der Waals surface area contributed by atoms with E-state index < -0.39 is 10.0 Å². The van der Waals surface area contributed by atoms with Crippen LogP contribution in [0.3, 0.4) is 0 Å². The van der Waals surface area contributed by atoms with Crippen LogP contribution < -0.4 is 5.73 Å². The zero-order chi connectivity index (χ0) is 12.6. The smallest absolute Gasteiger partial charge is 0.243 e. The Labute approximate surface area is 102 Å². The summed E-state index contributed by atoms with van der Waals surface area (Å²) in [6, 6.07) is 5.09. The molecule has 94 valence electrons. The van der Waals surface area contributed by atoms with Gasteiger partial charge < -0.3 is 5.73 Å². The van der Waals surface area contributed by atoms with Crippen molar-refractivity contribution in [2.24, 2.45) is 0 Å². The number of rotatable bonds is 4. The Bertz CT molecular complexity index is 521. The van der Waals surface area contributed by atoms with Gasteiger partial charge in [-0.25, -0.2) is 8.42 Å². The van der Waals surface area contributed by atoms with E-state index in [1.807, 2.05) is 13.8 Å². The summed E-state index contributed by atoms with van der Waals surface area (Å²) in [5, 5.41) is 0. The summed E-state index contributed by atoms with van der Waals surface area (Å²) in [6.45, 7) is 4.22. The first-order valence-corrected chi connectivity index (χ1v) is 7.28. The highest BCUT2D eigenvalue weighted by Gasteiger charge is 2.36. The monoisotopic (exact) mass is 254 g/mol. The van der Waals surface area contributed by atoms with Crippen molar-refractivity contribution in [1.82, 2.24) is 4.31 Å². The lowest BCUT2D eigenvalue weighted by molar-refractivity contribution is 0.421. The van der Waals surface area contributed by atoms with Crippen LogP contribution in [0.5, 0.6) is 0 Å². The highest BCUT2D eigenvalue weighted by Crippen LogP contribution is 2.32. The van der Waals surface area contributed by atoms with Gasteiger partial charge in [-0.05, 0) is 43.5 Å². The van der Waals surface area contributed by atoms with Crippen LogP contribution in [0.25, 0.3) is 0 Å². The second-order valence-corrected chi connectivity index (χ2v) is 6.35. The lowest BCUT2D eigenvalue weighted by Gasteiger charge is -2.20. The van der Waals surface area contributed by atoms with Crippen LogP contribution in [0.1, 0.15) is 25.3 Å². The van der Waals surface area contributed by atoms with E-state index in [0.29, 0.717) is 17.1 Å². The van der Waals surface area contributed by atoms with Crippen LogP contribution in [-0.4, -0.2) is 25.3 Å². The first-order valence-electron chi connectivity index (χ1n) is 5.84. The van der Waals surface area contributed by atoms with Crippen molar-refractivity contribution in [3.05, 3.63) is 23.8 Å². The highest BCUT2D eigenvalue weighted by atomic mass is 32.2. The van der Waals surface area contributed by atoms with E-state index in [1.54, 1.807) is 22.5 Å². The number of aryl methyl sites for hydroxylation is 1. The normalized spacial score (nSPS) is 16.4. The SMILES string of the molecule is CCN(C1CC1)S(=O)(=O)c1ccc(N)c(C)c1. The van der Waals surface area contributed by atoms with Gasteiger partial charge in [0, 0.05) is 18.3 Å². The van der Waals surface area contributed by atoms with Crippen molar-refractivity contribution < 1.29 is 8.42 Å². The first kappa shape index (κ1) is 12.4. The molecule has 1 aliphatic carbocycles. The predicted octanol–water partition coefficient (Wildman–Crippen LogP) is 1.75. The Balaban J connectivity index is 2.39. The van der Waals surface area contributed by atoms with Crippen LogP contribution >= 0.6 is 0 Å². The summed E-state index contributed by atoms with van der Waals surface area (Å²) in [7, 11) is -3.35. The lowest BCUT2D eigenvalue weighted by Crippen LogP contribution is -2.32. The Hall–Kier alpha value is -1.07. The maximum Gasteiger partial charge on any atom is 0.243 e. The molecule has 2 N–H and O–H groups in total. The molecule has 0 radical (unpaired) electrons. The minimum absolute atomic E-state index is 0.197. The summed E-state index contributed by atoms with van der Waals surface area (Å²) in [4.78, 5) is 0.345. The number of nitrogen functional groups attached to an aromatic ring is 1. The second kappa shape index (κ2) is 4.31. The van der Waals surface area contributed by atoms with Gasteiger partial charge >= 0.3 is 0 Å². The average molecular weight is 254 g/mol. The van der Waals surface area contributed by atoms with Crippen LogP contribution in [0.4, 0.5) is 5.69 Å². The van der Waals surface area contributed by atoms with Crippen molar-refractivity contribution >= 4 is 15.7 Å². The maximum absolute atomic E-state index is 12.4. The molecule has 5 heteroatoms. The molecule has 1 aliphatic rings. The summed E-state index contributed by atoms with van der Waals surface area (Å²) in [5.74, 6) is 0. The lowest BCUT2D eigenvalue weighted by atomic mass is 10.2. The third-order valence-corrected chi connectivity index (χ3v) is 5.14. The molecule has 1 aromatic rings. The molecular weight excluding hydrogens is 236 g/mol. The molecule has 0 spiro atoms. The van der Waals surface area contributed by atoms with E-state index in [4.69, 9.17) is 5.73 Å². The van der Waals surface area contributed by atoms with E-state index in [2.05, 4.69) is 0 Å². The molecule has 4 nitrogen and oxygen atoms in total. The minimum atomic E-state index is -3.35. The second-order valence-electron chi connectivity index (χ2n) is 4.46. The molecule has 0 bridgehead atoms. The largest absolute Gasteiger partial charge is 0.399 e. The van der Waals surface area contributed by atoms with Gasteiger partial charge in [-0.15, -0.1) is 0 Å². The van der Waals surface area contributed by atoms with Gasteiger partial charge in [-0.2, -0.15) is 4.31 Å². The summed E-state index contributed by atoms with van der Waals surface area (Å²) >= 11 is 0. The van der Waals surface area contributed by atoms with Crippen molar-refractivity contribution in [2.75, 3.05) is 12.3 Å². The molecule has 0 heterocycles. The van der Waals surface area contributed by atoms with E-state index >= 15 is 0 Å². The Morgan fingerprint density at radius 1 is 1.41 bits per heavy atom. The highest BCUT2D eigenvalue weighted by molar-refractivity contribution is 7.89. The van der Waals surface area contributed by atoms with E-state index in [0.717, 1.165) is 18.4 Å². The molecule has 2 rings (SSSR count). The molecule has 1 aromatic carbocycles. The van der Waals surface area contributed by atoms with Crippen molar-refractivity contribution in [1.29, 1.82) is 0 Å². The number of hydrogen-bond acceptors (Lipinski definition) is 3. The van der Waals surface area contributed by atoms with Gasteiger partial charge in [0.1, 0.15) is 0 Å². The summed E-state index contributed by atoms with van der Waals surface area (Å²) < 4.78 is 26.4. The van der Waals surface area contributed by atoms with Gasteiger partial charge in [0.25, 0.3) is 0 Å². The molecule has 17 heavy (non-hydrogen) atoms. The topological polar surface area (TPSA) is 63.4 Å². The molecule has 0 saturated heterocycles. The zero-order valence-electron chi connectivity index (χ0n) is 10.2. The zero-order valence-corrected chi connectivity index (χ0v) is 11.0. The van der Waals surface area contributed by atoms with Gasteiger partial charge in [-0.3, -0.25) is 0 Å². The fourth-order valence-corrected chi connectivity index (χ4v) is 3.71. The van der Waals surface area contributed by atoms with Crippen LogP contribution in [0.15, 0.2) is 23.1 Å². The van der Waals surface area contributed by atoms with E-state index in [1.165, 1.54) is 0 Å². The number of anilines is 1.